The fourth-order valence-corrected chi connectivity index (χ4v) is 4.36. The van der Waals surface area contributed by atoms with Crippen molar-refractivity contribution in [3.8, 4) is 0 Å². The standard InChI is InChI=1S/C18H22N4O3S2/c1-27(24,25)22-12-10-21(11-13-22)16-7-3-2-6-15(16)20-17(23)14-26-18-8-4-5-9-19-18/h2-9H,10-14H2,1H3,(H,20,23). The van der Waals surface area contributed by atoms with Gasteiger partial charge in [-0.05, 0) is 24.3 Å². The molecule has 1 saturated heterocycles. The second-order valence-electron chi connectivity index (χ2n) is 6.17. The van der Waals surface area contributed by atoms with Crippen LogP contribution >= 0.6 is 11.8 Å². The highest BCUT2D eigenvalue weighted by molar-refractivity contribution is 7.99. The minimum Gasteiger partial charge on any atom is -0.367 e. The minimum atomic E-state index is -3.17. The van der Waals surface area contributed by atoms with Crippen molar-refractivity contribution in [2.24, 2.45) is 0 Å². The second-order valence-corrected chi connectivity index (χ2v) is 9.15. The van der Waals surface area contributed by atoms with E-state index in [1.165, 1.54) is 22.3 Å². The molecule has 0 saturated carbocycles. The third kappa shape index (κ3) is 5.44. The Balaban J connectivity index is 1.62. The van der Waals surface area contributed by atoms with Crippen molar-refractivity contribution in [2.75, 3.05) is 48.4 Å². The third-order valence-corrected chi connectivity index (χ3v) is 6.46. The molecule has 3 rings (SSSR count). The van der Waals surface area contributed by atoms with Crippen LogP contribution in [0.5, 0.6) is 0 Å². The van der Waals surface area contributed by atoms with E-state index in [0.717, 1.165) is 16.4 Å². The quantitative estimate of drug-likeness (QED) is 0.738. The Morgan fingerprint density at radius 2 is 1.81 bits per heavy atom. The van der Waals surface area contributed by atoms with Crippen LogP contribution in [0.4, 0.5) is 11.4 Å². The molecule has 1 amide bonds. The van der Waals surface area contributed by atoms with Crippen LogP contribution in [0.25, 0.3) is 0 Å². The summed E-state index contributed by atoms with van der Waals surface area (Å²) in [6.07, 6.45) is 2.93. The molecular weight excluding hydrogens is 384 g/mol. The number of hydrogen-bond acceptors (Lipinski definition) is 6. The van der Waals surface area contributed by atoms with Crippen LogP contribution in [0.15, 0.2) is 53.7 Å². The Kier molecular flexibility index (Phi) is 6.35. The minimum absolute atomic E-state index is 0.104. The van der Waals surface area contributed by atoms with Crippen LogP contribution in [0.1, 0.15) is 0 Å². The molecule has 1 aliphatic rings. The first-order valence-corrected chi connectivity index (χ1v) is 11.4. The maximum atomic E-state index is 12.3. The summed E-state index contributed by atoms with van der Waals surface area (Å²) in [4.78, 5) is 18.6. The summed E-state index contributed by atoms with van der Waals surface area (Å²) in [5.74, 6) is 0.167. The highest BCUT2D eigenvalue weighted by Gasteiger charge is 2.24. The molecule has 144 valence electrons. The van der Waals surface area contributed by atoms with Gasteiger partial charge < -0.3 is 10.2 Å². The van der Waals surface area contributed by atoms with Gasteiger partial charge in [-0.1, -0.05) is 30.0 Å². The van der Waals surface area contributed by atoms with E-state index in [9.17, 15) is 13.2 Å². The molecular formula is C18H22N4O3S2. The molecule has 9 heteroatoms. The lowest BCUT2D eigenvalue weighted by Gasteiger charge is -2.35. The van der Waals surface area contributed by atoms with E-state index in [1.807, 2.05) is 42.5 Å². The van der Waals surface area contributed by atoms with E-state index in [4.69, 9.17) is 0 Å². The van der Waals surface area contributed by atoms with Crippen LogP contribution in [-0.4, -0.2) is 61.8 Å². The molecule has 1 aliphatic heterocycles. The lowest BCUT2D eigenvalue weighted by atomic mass is 10.2. The van der Waals surface area contributed by atoms with Crippen molar-refractivity contribution in [3.63, 3.8) is 0 Å². The van der Waals surface area contributed by atoms with Gasteiger partial charge in [0.15, 0.2) is 0 Å². The Morgan fingerprint density at radius 3 is 2.48 bits per heavy atom. The van der Waals surface area contributed by atoms with E-state index >= 15 is 0 Å². The van der Waals surface area contributed by atoms with Gasteiger partial charge in [0.2, 0.25) is 15.9 Å². The van der Waals surface area contributed by atoms with E-state index < -0.39 is 10.0 Å². The number of carbonyl (C=O) groups excluding carboxylic acids is 1. The molecule has 1 aromatic carbocycles. The average Bonchev–Trinajstić information content (AvgIpc) is 2.67. The van der Waals surface area contributed by atoms with Gasteiger partial charge in [-0.25, -0.2) is 13.4 Å². The van der Waals surface area contributed by atoms with Crippen molar-refractivity contribution >= 4 is 39.1 Å². The summed E-state index contributed by atoms with van der Waals surface area (Å²) in [5.41, 5.74) is 1.64. The van der Waals surface area contributed by atoms with Crippen LogP contribution in [-0.2, 0) is 14.8 Å². The maximum Gasteiger partial charge on any atom is 0.234 e. The van der Waals surface area contributed by atoms with Gasteiger partial charge in [0, 0.05) is 32.4 Å². The number of carbonyl (C=O) groups is 1. The average molecular weight is 407 g/mol. The fourth-order valence-electron chi connectivity index (χ4n) is 2.87. The van der Waals surface area contributed by atoms with Crippen molar-refractivity contribution < 1.29 is 13.2 Å². The number of nitrogens with zero attached hydrogens (tertiary/aromatic N) is 3. The molecule has 27 heavy (non-hydrogen) atoms. The number of rotatable bonds is 6. The van der Waals surface area contributed by atoms with Gasteiger partial charge in [-0.3, -0.25) is 4.79 Å². The first kappa shape index (κ1) is 19.7. The van der Waals surface area contributed by atoms with Crippen molar-refractivity contribution in [2.45, 2.75) is 5.03 Å². The van der Waals surface area contributed by atoms with E-state index in [0.29, 0.717) is 26.2 Å². The van der Waals surface area contributed by atoms with Gasteiger partial charge >= 0.3 is 0 Å². The highest BCUT2D eigenvalue weighted by Crippen LogP contribution is 2.27. The zero-order chi connectivity index (χ0) is 19.3. The van der Waals surface area contributed by atoms with Crippen LogP contribution in [0, 0.1) is 0 Å². The molecule has 0 spiro atoms. The maximum absolute atomic E-state index is 12.3. The van der Waals surface area contributed by atoms with E-state index in [-0.39, 0.29) is 11.7 Å². The number of piperazine rings is 1. The molecule has 0 radical (unpaired) electrons. The molecule has 0 aliphatic carbocycles. The number of amides is 1. The largest absolute Gasteiger partial charge is 0.367 e. The fraction of sp³-hybridized carbons (Fsp3) is 0.333. The molecule has 2 aromatic rings. The smallest absolute Gasteiger partial charge is 0.234 e. The van der Waals surface area contributed by atoms with Gasteiger partial charge in [-0.15, -0.1) is 0 Å². The molecule has 0 bridgehead atoms. The first-order valence-electron chi connectivity index (χ1n) is 8.56. The lowest BCUT2D eigenvalue weighted by molar-refractivity contribution is -0.113. The number of anilines is 2. The number of benzene rings is 1. The van der Waals surface area contributed by atoms with Gasteiger partial charge in [0.05, 0.1) is 28.4 Å². The van der Waals surface area contributed by atoms with Crippen LogP contribution in [0.3, 0.4) is 0 Å². The Morgan fingerprint density at radius 1 is 1.11 bits per heavy atom. The number of para-hydroxylation sites is 2. The third-order valence-electron chi connectivity index (χ3n) is 4.22. The van der Waals surface area contributed by atoms with E-state index in [1.54, 1.807) is 6.20 Å². The van der Waals surface area contributed by atoms with Gasteiger partial charge in [-0.2, -0.15) is 4.31 Å². The van der Waals surface area contributed by atoms with Gasteiger partial charge in [0.25, 0.3) is 0 Å². The predicted molar refractivity (Wildman–Crippen MR) is 109 cm³/mol. The number of thioether (sulfide) groups is 1. The molecule has 1 N–H and O–H groups in total. The lowest BCUT2D eigenvalue weighted by Crippen LogP contribution is -2.48. The zero-order valence-corrected chi connectivity index (χ0v) is 16.7. The number of hydrogen-bond donors (Lipinski definition) is 1. The number of sulfonamides is 1. The molecule has 1 fully saturated rings. The molecule has 0 unspecified atom stereocenters. The molecule has 0 atom stereocenters. The normalized spacial score (nSPS) is 15.5. The second kappa shape index (κ2) is 8.73. The Bertz CT molecular complexity index is 882. The van der Waals surface area contributed by atoms with E-state index in [2.05, 4.69) is 15.2 Å². The summed E-state index contributed by atoms with van der Waals surface area (Å²) < 4.78 is 24.8. The van der Waals surface area contributed by atoms with Gasteiger partial charge in [0.1, 0.15) is 0 Å². The number of pyridine rings is 1. The summed E-state index contributed by atoms with van der Waals surface area (Å²) in [6.45, 7) is 2.05. The molecule has 2 heterocycles. The predicted octanol–water partition coefficient (Wildman–Crippen LogP) is 1.89. The first-order chi connectivity index (χ1) is 12.9. The number of nitrogens with one attached hydrogen (secondary N) is 1. The van der Waals surface area contributed by atoms with Crippen LogP contribution < -0.4 is 10.2 Å². The van der Waals surface area contributed by atoms with Crippen LogP contribution in [0.2, 0.25) is 0 Å². The topological polar surface area (TPSA) is 82.6 Å². The van der Waals surface area contributed by atoms with Crippen molar-refractivity contribution in [3.05, 3.63) is 48.7 Å². The Hall–Kier alpha value is -2.10. The van der Waals surface area contributed by atoms with Crippen molar-refractivity contribution in [1.29, 1.82) is 0 Å². The number of aromatic nitrogens is 1. The summed E-state index contributed by atoms with van der Waals surface area (Å²) in [6, 6.07) is 13.2. The zero-order valence-electron chi connectivity index (χ0n) is 15.0. The molecule has 7 nitrogen and oxygen atoms in total. The summed E-state index contributed by atoms with van der Waals surface area (Å²) in [7, 11) is -3.17. The van der Waals surface area contributed by atoms with Crippen molar-refractivity contribution in [1.82, 2.24) is 9.29 Å². The Labute approximate surface area is 163 Å². The SMILES string of the molecule is CS(=O)(=O)N1CCN(c2ccccc2NC(=O)CSc2ccccn2)CC1. The molecule has 1 aromatic heterocycles. The monoisotopic (exact) mass is 406 g/mol. The highest BCUT2D eigenvalue weighted by atomic mass is 32.2. The summed E-state index contributed by atoms with van der Waals surface area (Å²) >= 11 is 1.38. The summed E-state index contributed by atoms with van der Waals surface area (Å²) in [5, 5.41) is 3.76.